The molecule has 27 heavy (non-hydrogen) atoms. The van der Waals surface area contributed by atoms with Gasteiger partial charge in [0, 0.05) is 5.92 Å². The summed E-state index contributed by atoms with van der Waals surface area (Å²) in [6.45, 7) is 0. The van der Waals surface area contributed by atoms with Crippen LogP contribution in [0.5, 0.6) is 0 Å². The number of nitrogens with one attached hydrogen (secondary N) is 1. The fourth-order valence-corrected chi connectivity index (χ4v) is 4.35. The third-order valence-corrected chi connectivity index (χ3v) is 5.71. The van der Waals surface area contributed by atoms with Crippen molar-refractivity contribution in [3.05, 3.63) is 75.8 Å². The topological polar surface area (TPSA) is 75.6 Å². The maximum absolute atomic E-state index is 11.7. The number of carboxylic acid groups (broad SMARTS) is 1. The lowest BCUT2D eigenvalue weighted by Crippen LogP contribution is -2.30. The SMILES string of the molecule is COC(=O)c1ccc(C2Nc3c(Cl)ccc(C(=O)O)c3C3C=CCC32)cc1. The summed E-state index contributed by atoms with van der Waals surface area (Å²) in [5.41, 5.74) is 3.21. The highest BCUT2D eigenvalue weighted by Crippen LogP contribution is 2.52. The first kappa shape index (κ1) is 17.6. The zero-order valence-corrected chi connectivity index (χ0v) is 15.4. The molecule has 138 valence electrons. The maximum Gasteiger partial charge on any atom is 0.337 e. The number of hydrogen-bond donors (Lipinski definition) is 2. The number of ether oxygens (including phenoxy) is 1. The van der Waals surface area contributed by atoms with Gasteiger partial charge in [0.25, 0.3) is 0 Å². The van der Waals surface area contributed by atoms with Crippen LogP contribution in [0.3, 0.4) is 0 Å². The molecule has 0 aromatic heterocycles. The number of esters is 1. The number of carboxylic acids is 1. The summed E-state index contributed by atoms with van der Waals surface area (Å²) in [6.07, 6.45) is 5.00. The molecule has 2 aromatic carbocycles. The van der Waals surface area contributed by atoms with Gasteiger partial charge in [-0.25, -0.2) is 9.59 Å². The van der Waals surface area contributed by atoms with E-state index in [1.165, 1.54) is 7.11 Å². The fraction of sp³-hybridized carbons (Fsp3) is 0.238. The van der Waals surface area contributed by atoms with Crippen LogP contribution in [0.25, 0.3) is 0 Å². The number of hydrogen-bond acceptors (Lipinski definition) is 4. The van der Waals surface area contributed by atoms with E-state index in [2.05, 4.69) is 17.5 Å². The van der Waals surface area contributed by atoms with Crippen molar-refractivity contribution in [2.24, 2.45) is 5.92 Å². The number of halogens is 1. The van der Waals surface area contributed by atoms with Gasteiger partial charge in [-0.2, -0.15) is 0 Å². The molecule has 5 nitrogen and oxygen atoms in total. The van der Waals surface area contributed by atoms with E-state index >= 15 is 0 Å². The van der Waals surface area contributed by atoms with Gasteiger partial charge in [0.15, 0.2) is 0 Å². The van der Waals surface area contributed by atoms with Gasteiger partial charge in [-0.15, -0.1) is 0 Å². The molecule has 0 radical (unpaired) electrons. The molecule has 0 spiro atoms. The van der Waals surface area contributed by atoms with Crippen LogP contribution < -0.4 is 5.32 Å². The summed E-state index contributed by atoms with van der Waals surface area (Å²) in [4.78, 5) is 23.4. The van der Waals surface area contributed by atoms with Gasteiger partial charge in [0.2, 0.25) is 0 Å². The van der Waals surface area contributed by atoms with E-state index in [0.29, 0.717) is 16.3 Å². The van der Waals surface area contributed by atoms with Gasteiger partial charge in [0.05, 0.1) is 35.0 Å². The maximum atomic E-state index is 11.7. The van der Waals surface area contributed by atoms with Crippen LogP contribution in [0.4, 0.5) is 5.69 Å². The van der Waals surface area contributed by atoms with E-state index in [0.717, 1.165) is 17.5 Å². The second-order valence-electron chi connectivity index (χ2n) is 6.78. The van der Waals surface area contributed by atoms with Crippen LogP contribution in [-0.4, -0.2) is 24.2 Å². The quantitative estimate of drug-likeness (QED) is 0.596. The van der Waals surface area contributed by atoms with Gasteiger partial charge >= 0.3 is 11.9 Å². The Kier molecular flexibility index (Phi) is 4.40. The van der Waals surface area contributed by atoms with Gasteiger partial charge in [0.1, 0.15) is 0 Å². The first-order valence-corrected chi connectivity index (χ1v) is 9.06. The zero-order chi connectivity index (χ0) is 19.1. The summed E-state index contributed by atoms with van der Waals surface area (Å²) in [5, 5.41) is 13.6. The molecule has 1 heterocycles. The molecular formula is C21H18ClNO4. The number of anilines is 1. The lowest BCUT2D eigenvalue weighted by Gasteiger charge is -2.38. The molecule has 2 aliphatic rings. The summed E-state index contributed by atoms with van der Waals surface area (Å²) < 4.78 is 4.75. The lowest BCUT2D eigenvalue weighted by atomic mass is 9.75. The van der Waals surface area contributed by atoms with E-state index in [4.69, 9.17) is 16.3 Å². The highest BCUT2D eigenvalue weighted by Gasteiger charge is 2.40. The molecule has 3 unspecified atom stereocenters. The van der Waals surface area contributed by atoms with E-state index in [9.17, 15) is 14.7 Å². The van der Waals surface area contributed by atoms with Crippen LogP contribution in [0.15, 0.2) is 48.6 Å². The van der Waals surface area contributed by atoms with E-state index < -0.39 is 5.97 Å². The van der Waals surface area contributed by atoms with Gasteiger partial charge in [-0.3, -0.25) is 0 Å². The van der Waals surface area contributed by atoms with Crippen molar-refractivity contribution in [1.29, 1.82) is 0 Å². The van der Waals surface area contributed by atoms with Crippen molar-refractivity contribution in [3.8, 4) is 0 Å². The summed E-state index contributed by atoms with van der Waals surface area (Å²) >= 11 is 6.41. The number of methoxy groups -OCH3 is 1. The molecule has 2 aromatic rings. The highest BCUT2D eigenvalue weighted by molar-refractivity contribution is 6.33. The standard InChI is InChI=1S/C21H18ClNO4/c1-27-21(26)12-7-5-11(6-8-12)18-14-4-2-3-13(14)17-15(20(24)25)9-10-16(22)19(17)23-18/h2-3,5-10,13-14,18,23H,4H2,1H3,(H,24,25). The Morgan fingerprint density at radius 1 is 1.19 bits per heavy atom. The molecule has 1 aliphatic carbocycles. The molecule has 6 heteroatoms. The molecule has 1 aliphatic heterocycles. The number of aromatic carboxylic acids is 1. The van der Waals surface area contributed by atoms with Crippen molar-refractivity contribution in [1.82, 2.24) is 0 Å². The number of benzene rings is 2. The van der Waals surface area contributed by atoms with E-state index in [1.54, 1.807) is 24.3 Å². The molecule has 0 bridgehead atoms. The van der Waals surface area contributed by atoms with Crippen molar-refractivity contribution >= 4 is 29.2 Å². The Morgan fingerprint density at radius 2 is 1.93 bits per heavy atom. The van der Waals surface area contributed by atoms with Gasteiger partial charge in [-0.05, 0) is 47.7 Å². The fourth-order valence-electron chi connectivity index (χ4n) is 4.14. The predicted molar refractivity (Wildman–Crippen MR) is 103 cm³/mol. The smallest absolute Gasteiger partial charge is 0.337 e. The largest absolute Gasteiger partial charge is 0.478 e. The van der Waals surface area contributed by atoms with Crippen LogP contribution in [0.1, 0.15) is 50.2 Å². The van der Waals surface area contributed by atoms with Gasteiger partial charge in [-0.1, -0.05) is 35.9 Å². The van der Waals surface area contributed by atoms with Crippen molar-refractivity contribution in [2.75, 3.05) is 12.4 Å². The second-order valence-corrected chi connectivity index (χ2v) is 7.19. The van der Waals surface area contributed by atoms with Crippen LogP contribution >= 0.6 is 11.6 Å². The Labute approximate surface area is 161 Å². The number of rotatable bonds is 3. The molecular weight excluding hydrogens is 366 g/mol. The van der Waals surface area contributed by atoms with Crippen molar-refractivity contribution in [2.45, 2.75) is 18.4 Å². The molecule has 3 atom stereocenters. The normalized spacial score (nSPS) is 22.5. The predicted octanol–water partition coefficient (Wildman–Crippen LogP) is 4.65. The van der Waals surface area contributed by atoms with Crippen molar-refractivity contribution < 1.29 is 19.4 Å². The molecule has 0 saturated heterocycles. The Morgan fingerprint density at radius 3 is 2.59 bits per heavy atom. The van der Waals surface area contributed by atoms with E-state index in [1.807, 2.05) is 12.1 Å². The minimum absolute atomic E-state index is 0.0173. The summed E-state index contributed by atoms with van der Waals surface area (Å²) in [6, 6.07) is 10.4. The molecule has 2 N–H and O–H groups in total. The molecule has 0 fully saturated rings. The lowest BCUT2D eigenvalue weighted by molar-refractivity contribution is 0.0599. The Hall–Kier alpha value is -2.79. The van der Waals surface area contributed by atoms with Crippen LogP contribution in [0.2, 0.25) is 5.02 Å². The Bertz CT molecular complexity index is 951. The number of carbonyl (C=O) groups excluding carboxylic acids is 1. The highest BCUT2D eigenvalue weighted by atomic mass is 35.5. The second kappa shape index (κ2) is 6.74. The molecule has 0 saturated carbocycles. The average Bonchev–Trinajstić information content (AvgIpc) is 3.17. The first-order chi connectivity index (χ1) is 13.0. The number of fused-ring (bicyclic) bond motifs is 3. The van der Waals surface area contributed by atoms with E-state index in [-0.39, 0.29) is 29.4 Å². The minimum atomic E-state index is -0.954. The van der Waals surface area contributed by atoms with Crippen LogP contribution in [-0.2, 0) is 4.74 Å². The van der Waals surface area contributed by atoms with Gasteiger partial charge < -0.3 is 15.2 Å². The average molecular weight is 384 g/mol. The summed E-state index contributed by atoms with van der Waals surface area (Å²) in [5.74, 6) is -1.17. The Balaban J connectivity index is 1.77. The summed E-state index contributed by atoms with van der Waals surface area (Å²) in [7, 11) is 1.35. The van der Waals surface area contributed by atoms with Crippen molar-refractivity contribution in [3.63, 3.8) is 0 Å². The minimum Gasteiger partial charge on any atom is -0.478 e. The third-order valence-electron chi connectivity index (χ3n) is 5.39. The number of carbonyl (C=O) groups is 2. The molecule has 0 amide bonds. The van der Waals surface area contributed by atoms with Crippen LogP contribution in [0, 0.1) is 5.92 Å². The number of allylic oxidation sites excluding steroid dienone is 2. The molecule has 4 rings (SSSR count). The third kappa shape index (κ3) is 2.88. The zero-order valence-electron chi connectivity index (χ0n) is 14.6. The monoisotopic (exact) mass is 383 g/mol. The first-order valence-electron chi connectivity index (χ1n) is 8.68.